The Bertz CT molecular complexity index is 412. The Morgan fingerprint density at radius 2 is 2.24 bits per heavy atom. The van der Waals surface area contributed by atoms with Gasteiger partial charge in [0.25, 0.3) is 0 Å². The second-order valence-corrected chi connectivity index (χ2v) is 5.96. The molecule has 1 heterocycles. The fourth-order valence-corrected chi connectivity index (χ4v) is 2.88. The minimum absolute atomic E-state index is 0.476. The molecule has 0 saturated heterocycles. The number of amidine groups is 1. The maximum atomic E-state index is 4.77. The first-order chi connectivity index (χ1) is 8.15. The molecule has 1 aliphatic heterocycles. The van der Waals surface area contributed by atoms with Crippen LogP contribution in [0.2, 0.25) is 0 Å². The van der Waals surface area contributed by atoms with Crippen molar-refractivity contribution in [3.63, 3.8) is 0 Å². The summed E-state index contributed by atoms with van der Waals surface area (Å²) in [4.78, 5) is 4.77. The van der Waals surface area contributed by atoms with Gasteiger partial charge in [-0.15, -0.1) is 0 Å². The topological polar surface area (TPSA) is 24.4 Å². The molecule has 1 atom stereocenters. The van der Waals surface area contributed by atoms with Crippen molar-refractivity contribution in [2.75, 3.05) is 11.1 Å². The van der Waals surface area contributed by atoms with Crippen LogP contribution in [0, 0.1) is 12.8 Å². The van der Waals surface area contributed by atoms with E-state index < -0.39 is 0 Å². The molecule has 0 aliphatic carbocycles. The molecule has 2 nitrogen and oxygen atoms in total. The standard InChI is InChI=1S/C14H20N2S/c1-10(2)13-7-8-17-14(16-13)15-12-6-4-5-11(3)9-12/h4-6,9-10,13H,7-8H2,1-3H3,(H,15,16). The van der Waals surface area contributed by atoms with Crippen LogP contribution in [-0.2, 0) is 0 Å². The van der Waals surface area contributed by atoms with E-state index in [4.69, 9.17) is 4.99 Å². The lowest BCUT2D eigenvalue weighted by Gasteiger charge is -2.23. The number of benzene rings is 1. The molecule has 0 spiro atoms. The van der Waals surface area contributed by atoms with Gasteiger partial charge < -0.3 is 5.32 Å². The van der Waals surface area contributed by atoms with E-state index in [0.29, 0.717) is 12.0 Å². The molecule has 3 heteroatoms. The summed E-state index contributed by atoms with van der Waals surface area (Å²) in [6, 6.07) is 8.91. The highest BCUT2D eigenvalue weighted by atomic mass is 32.2. The normalized spacial score (nSPS) is 20.2. The molecule has 1 aromatic rings. The van der Waals surface area contributed by atoms with E-state index in [0.717, 1.165) is 10.9 Å². The average Bonchev–Trinajstić information content (AvgIpc) is 2.29. The Labute approximate surface area is 108 Å². The lowest BCUT2D eigenvalue weighted by atomic mass is 10.0. The van der Waals surface area contributed by atoms with Gasteiger partial charge in [-0.05, 0) is 37.0 Å². The van der Waals surface area contributed by atoms with Gasteiger partial charge in [-0.2, -0.15) is 0 Å². The third kappa shape index (κ3) is 3.50. The lowest BCUT2D eigenvalue weighted by Crippen LogP contribution is -2.23. The van der Waals surface area contributed by atoms with Crippen molar-refractivity contribution in [2.24, 2.45) is 10.9 Å². The summed E-state index contributed by atoms with van der Waals surface area (Å²) in [5, 5.41) is 4.49. The molecule has 2 rings (SSSR count). The molecule has 0 radical (unpaired) electrons. The van der Waals surface area contributed by atoms with Crippen LogP contribution in [0.5, 0.6) is 0 Å². The number of nitrogens with zero attached hydrogens (tertiary/aromatic N) is 1. The van der Waals surface area contributed by atoms with Crippen molar-refractivity contribution in [1.29, 1.82) is 0 Å². The smallest absolute Gasteiger partial charge is 0.161 e. The number of thioether (sulfide) groups is 1. The van der Waals surface area contributed by atoms with E-state index >= 15 is 0 Å². The molecule has 0 aromatic heterocycles. The summed E-state index contributed by atoms with van der Waals surface area (Å²) in [5.41, 5.74) is 2.41. The summed E-state index contributed by atoms with van der Waals surface area (Å²) in [5.74, 6) is 1.80. The molecule has 1 aromatic carbocycles. The van der Waals surface area contributed by atoms with Crippen LogP contribution in [0.1, 0.15) is 25.8 Å². The van der Waals surface area contributed by atoms with Gasteiger partial charge in [0.05, 0.1) is 6.04 Å². The van der Waals surface area contributed by atoms with Crippen LogP contribution in [-0.4, -0.2) is 17.0 Å². The van der Waals surface area contributed by atoms with Crippen LogP contribution in [0.3, 0.4) is 0 Å². The van der Waals surface area contributed by atoms with Crippen LogP contribution in [0.25, 0.3) is 0 Å². The van der Waals surface area contributed by atoms with Crippen LogP contribution >= 0.6 is 11.8 Å². The lowest BCUT2D eigenvalue weighted by molar-refractivity contribution is 0.485. The molecule has 1 aliphatic rings. The van der Waals surface area contributed by atoms with Gasteiger partial charge in [-0.25, -0.2) is 0 Å². The second-order valence-electron chi connectivity index (χ2n) is 4.88. The summed E-state index contributed by atoms with van der Waals surface area (Å²) < 4.78 is 0. The zero-order chi connectivity index (χ0) is 12.3. The fraction of sp³-hybridized carbons (Fsp3) is 0.500. The first-order valence-electron chi connectivity index (χ1n) is 6.19. The van der Waals surface area contributed by atoms with Crippen molar-refractivity contribution in [1.82, 2.24) is 0 Å². The third-order valence-electron chi connectivity index (χ3n) is 2.97. The highest BCUT2D eigenvalue weighted by Gasteiger charge is 2.18. The maximum Gasteiger partial charge on any atom is 0.161 e. The van der Waals surface area contributed by atoms with Crippen LogP contribution in [0.15, 0.2) is 29.3 Å². The second kappa shape index (κ2) is 5.58. The monoisotopic (exact) mass is 248 g/mol. The van der Waals surface area contributed by atoms with Gasteiger partial charge in [-0.3, -0.25) is 4.99 Å². The predicted octanol–water partition coefficient (Wildman–Crippen LogP) is 3.92. The summed E-state index contributed by atoms with van der Waals surface area (Å²) >= 11 is 1.82. The van der Waals surface area contributed by atoms with Crippen LogP contribution < -0.4 is 5.32 Å². The molecule has 0 fully saturated rings. The number of aryl methyl sites for hydroxylation is 1. The maximum absolute atomic E-state index is 4.77. The number of anilines is 1. The van der Waals surface area contributed by atoms with Crippen molar-refractivity contribution in [2.45, 2.75) is 33.2 Å². The van der Waals surface area contributed by atoms with Crippen molar-refractivity contribution in [3.8, 4) is 0 Å². The molecule has 0 amide bonds. The van der Waals surface area contributed by atoms with E-state index in [9.17, 15) is 0 Å². The van der Waals surface area contributed by atoms with Crippen molar-refractivity contribution < 1.29 is 0 Å². The molecular formula is C14H20N2S. The summed E-state index contributed by atoms with van der Waals surface area (Å²) in [6.07, 6.45) is 1.20. The van der Waals surface area contributed by atoms with Crippen molar-refractivity contribution >= 4 is 22.6 Å². The minimum Gasteiger partial charge on any atom is -0.335 e. The first kappa shape index (κ1) is 12.5. The zero-order valence-corrected chi connectivity index (χ0v) is 11.6. The van der Waals surface area contributed by atoms with E-state index in [1.54, 1.807) is 0 Å². The molecule has 92 valence electrons. The van der Waals surface area contributed by atoms with E-state index in [1.807, 2.05) is 11.8 Å². The molecule has 1 unspecified atom stereocenters. The Hall–Kier alpha value is -0.960. The number of aliphatic imine (C=N–C) groups is 1. The highest BCUT2D eigenvalue weighted by molar-refractivity contribution is 8.14. The Morgan fingerprint density at radius 3 is 2.94 bits per heavy atom. The van der Waals surface area contributed by atoms with Crippen molar-refractivity contribution in [3.05, 3.63) is 29.8 Å². The fourth-order valence-electron chi connectivity index (χ4n) is 1.93. The number of hydrogen-bond donors (Lipinski definition) is 1. The molecule has 0 saturated carbocycles. The largest absolute Gasteiger partial charge is 0.335 e. The quantitative estimate of drug-likeness (QED) is 0.857. The minimum atomic E-state index is 0.476. The van der Waals surface area contributed by atoms with Crippen LogP contribution in [0.4, 0.5) is 5.69 Å². The van der Waals surface area contributed by atoms with E-state index in [2.05, 4.69) is 50.4 Å². The van der Waals surface area contributed by atoms with Gasteiger partial charge in [0.15, 0.2) is 5.17 Å². The Balaban J connectivity index is 2.08. The van der Waals surface area contributed by atoms with Gasteiger partial charge in [-0.1, -0.05) is 37.7 Å². The molecule has 0 bridgehead atoms. The van der Waals surface area contributed by atoms with Gasteiger partial charge >= 0.3 is 0 Å². The Kier molecular flexibility index (Phi) is 4.11. The summed E-state index contributed by atoms with van der Waals surface area (Å²) in [7, 11) is 0. The molecule has 1 N–H and O–H groups in total. The van der Waals surface area contributed by atoms with Gasteiger partial charge in [0.2, 0.25) is 0 Å². The van der Waals surface area contributed by atoms with Gasteiger partial charge in [0.1, 0.15) is 0 Å². The number of hydrogen-bond acceptors (Lipinski definition) is 3. The average molecular weight is 248 g/mol. The Morgan fingerprint density at radius 1 is 1.41 bits per heavy atom. The predicted molar refractivity (Wildman–Crippen MR) is 77.9 cm³/mol. The SMILES string of the molecule is Cc1cccc(NC2=NC(C(C)C)CCS2)c1. The number of rotatable bonds is 2. The summed E-state index contributed by atoms with van der Waals surface area (Å²) in [6.45, 7) is 6.60. The number of nitrogens with one attached hydrogen (secondary N) is 1. The highest BCUT2D eigenvalue weighted by Crippen LogP contribution is 2.23. The first-order valence-corrected chi connectivity index (χ1v) is 7.18. The zero-order valence-electron chi connectivity index (χ0n) is 10.7. The van der Waals surface area contributed by atoms with E-state index in [1.165, 1.54) is 17.7 Å². The van der Waals surface area contributed by atoms with Gasteiger partial charge in [0, 0.05) is 11.4 Å². The molecule has 17 heavy (non-hydrogen) atoms. The third-order valence-corrected chi connectivity index (χ3v) is 3.90. The van der Waals surface area contributed by atoms with E-state index in [-0.39, 0.29) is 0 Å². The molecular weight excluding hydrogens is 228 g/mol.